The zero-order chi connectivity index (χ0) is 45.1. The van der Waals surface area contributed by atoms with Crippen LogP contribution >= 0.6 is 0 Å². The molecule has 0 aromatic heterocycles. The first-order chi connectivity index (χ1) is 30.8. The monoisotopic (exact) mass is 873 g/mol. The van der Waals surface area contributed by atoms with Crippen molar-refractivity contribution in [2.75, 3.05) is 19.1 Å². The number of hydrogen-bond acceptors (Lipinski definition) is 12. The molecule has 0 aliphatic carbocycles. The molecule has 320 valence electrons. The van der Waals surface area contributed by atoms with E-state index >= 15 is 0 Å². The molecular weight excluding hydrogens is 831 g/mol. The average Bonchev–Trinajstić information content (AvgIpc) is 3.72. The highest BCUT2D eigenvalue weighted by atomic mass is 32.2. The maximum atomic E-state index is 11.4. The number of anilines is 1. The lowest BCUT2D eigenvalue weighted by molar-refractivity contribution is 0.406. The van der Waals surface area contributed by atoms with Crippen LogP contribution < -0.4 is 14.4 Å². The zero-order valence-electron chi connectivity index (χ0n) is 35.8. The molecule has 64 heavy (non-hydrogen) atoms. The Morgan fingerprint density at radius 1 is 0.594 bits per heavy atom. The van der Waals surface area contributed by atoms with Gasteiger partial charge in [-0.05, 0) is 133 Å². The summed E-state index contributed by atoms with van der Waals surface area (Å²) in [6, 6.07) is 34.7. The average molecular weight is 874 g/mol. The van der Waals surface area contributed by atoms with E-state index in [-0.39, 0.29) is 10.6 Å². The molecule has 7 aromatic carbocycles. The molecule has 8 rings (SSSR count). The quantitative estimate of drug-likeness (QED) is 0.0779. The number of phenolic OH excluding ortho intramolecular Hbond substituents is 1. The number of azo groups is 3. The van der Waals surface area contributed by atoms with Crippen LogP contribution in [0.1, 0.15) is 33.4 Å². The van der Waals surface area contributed by atoms with Crippen molar-refractivity contribution in [3.05, 3.63) is 159 Å². The predicted octanol–water partition coefficient (Wildman–Crippen LogP) is 14.4. The highest BCUT2D eigenvalue weighted by molar-refractivity contribution is 7.85. The topological polar surface area (TPSA) is 179 Å². The van der Waals surface area contributed by atoms with Gasteiger partial charge in [-0.3, -0.25) is 4.55 Å². The van der Waals surface area contributed by atoms with Crippen molar-refractivity contribution in [3.8, 4) is 17.2 Å². The summed E-state index contributed by atoms with van der Waals surface area (Å²) >= 11 is 0. The molecule has 16 heteroatoms. The van der Waals surface area contributed by atoms with Crippen molar-refractivity contribution in [1.82, 2.24) is 0 Å². The van der Waals surface area contributed by atoms with Crippen molar-refractivity contribution in [1.29, 1.82) is 0 Å². The Hall–Kier alpha value is -7.87. The minimum atomic E-state index is -4.31. The number of nitrogens with zero attached hydrogens (tertiary/aromatic N) is 9. The van der Waals surface area contributed by atoms with Gasteiger partial charge in [-0.2, -0.15) is 28.9 Å². The second-order valence-electron chi connectivity index (χ2n) is 15.3. The highest BCUT2D eigenvalue weighted by Crippen LogP contribution is 2.44. The maximum absolute atomic E-state index is 11.4. The molecular formula is C48H43N9O6S+2. The van der Waals surface area contributed by atoms with Gasteiger partial charge in [-0.15, -0.1) is 10.2 Å². The number of benzene rings is 7. The van der Waals surface area contributed by atoms with E-state index < -0.39 is 10.1 Å². The first-order valence-corrected chi connectivity index (χ1v) is 21.5. The molecule has 0 fully saturated rings. The first-order valence-electron chi connectivity index (χ1n) is 20.1. The molecule has 7 aromatic rings. The van der Waals surface area contributed by atoms with Gasteiger partial charge in [0.15, 0.2) is 11.5 Å². The van der Waals surface area contributed by atoms with E-state index in [1.807, 2.05) is 51.1 Å². The van der Waals surface area contributed by atoms with Gasteiger partial charge in [0, 0.05) is 42.4 Å². The number of methoxy groups -OCH3 is 2. The number of aromatic hydroxyl groups is 1. The van der Waals surface area contributed by atoms with Crippen molar-refractivity contribution < 1.29 is 27.6 Å². The van der Waals surface area contributed by atoms with Gasteiger partial charge in [0.25, 0.3) is 10.1 Å². The van der Waals surface area contributed by atoms with Crippen LogP contribution in [0.5, 0.6) is 17.2 Å². The summed E-state index contributed by atoms with van der Waals surface area (Å²) in [7, 11) is -1.26. The van der Waals surface area contributed by atoms with Gasteiger partial charge in [0.2, 0.25) is 5.75 Å². The molecule has 2 N–H and O–H groups in total. The summed E-state index contributed by atoms with van der Waals surface area (Å²) in [5.74, 6) is 0.820. The molecule has 0 amide bonds. The summed E-state index contributed by atoms with van der Waals surface area (Å²) in [6.45, 7) is 9.03. The van der Waals surface area contributed by atoms with E-state index in [1.165, 1.54) is 43.5 Å². The molecule has 1 aliphatic heterocycles. The van der Waals surface area contributed by atoms with Crippen molar-refractivity contribution >= 4 is 72.1 Å². The van der Waals surface area contributed by atoms with Gasteiger partial charge in [-0.25, -0.2) is 0 Å². The summed E-state index contributed by atoms with van der Waals surface area (Å²) in [6.07, 6.45) is 0. The van der Waals surface area contributed by atoms with E-state index in [0.717, 1.165) is 40.9 Å². The lowest BCUT2D eigenvalue weighted by atomic mass is 10.0. The van der Waals surface area contributed by atoms with Gasteiger partial charge >= 0.3 is 21.3 Å². The van der Waals surface area contributed by atoms with Crippen LogP contribution in [0.2, 0.25) is 0 Å². The Morgan fingerprint density at radius 2 is 1.22 bits per heavy atom. The third-order valence-electron chi connectivity index (χ3n) is 10.8. The Labute approximate surface area is 369 Å². The van der Waals surface area contributed by atoms with E-state index in [2.05, 4.69) is 75.9 Å². The molecule has 0 saturated carbocycles. The van der Waals surface area contributed by atoms with E-state index in [0.29, 0.717) is 67.9 Å². The van der Waals surface area contributed by atoms with Crippen LogP contribution in [0.3, 0.4) is 0 Å². The van der Waals surface area contributed by atoms with Crippen LogP contribution in [-0.4, -0.2) is 32.3 Å². The van der Waals surface area contributed by atoms with Gasteiger partial charge < -0.3 is 19.5 Å². The van der Waals surface area contributed by atoms with Crippen molar-refractivity contribution in [2.24, 2.45) is 30.7 Å². The highest BCUT2D eigenvalue weighted by Gasteiger charge is 2.26. The Bertz CT molecular complexity index is 3240. The molecule has 0 atom stereocenters. The summed E-state index contributed by atoms with van der Waals surface area (Å²) in [4.78, 5) is 11.0. The van der Waals surface area contributed by atoms with Crippen molar-refractivity contribution in [2.45, 2.75) is 45.7 Å². The number of diazo groups is 1. The van der Waals surface area contributed by atoms with E-state index in [4.69, 9.17) is 9.47 Å². The number of ether oxygens (including phenoxy) is 2. The zero-order valence-corrected chi connectivity index (χ0v) is 36.7. The molecule has 0 radical (unpaired) electrons. The maximum Gasteiger partial charge on any atom is 0.473 e. The Morgan fingerprint density at radius 3 is 1.86 bits per heavy atom. The SMILES string of the molecule is COc1cc([N+]#[N+]c2ccc(N=Nc3ccc(N=Nc4ccc(S(=O)(=O)O)cc4C)c(C)c3)c(C)c2)c(OC)cc1N=Nc1c(C)cc2cc(N3Cc4ccccc4C3)ccc2c1O. The molecule has 0 spiro atoms. The Balaban J connectivity index is 0.955. The second kappa shape index (κ2) is 17.8. The van der Waals surface area contributed by atoms with E-state index in [1.54, 1.807) is 43.3 Å². The molecule has 0 saturated heterocycles. The minimum Gasteiger partial charge on any atom is -0.505 e. The first kappa shape index (κ1) is 42.8. The van der Waals surface area contributed by atoms with E-state index in [9.17, 15) is 18.1 Å². The fraction of sp³-hybridized carbons (Fsp3) is 0.167. The Kier molecular flexibility index (Phi) is 11.9. The summed E-state index contributed by atoms with van der Waals surface area (Å²) < 4.78 is 43.5. The standard InChI is InChI=1S/C48H41N9O6S/c1-28-20-36(11-16-40(28)51-49-35-12-17-41(29(2)21-35)52-53-42-18-14-38(22-30(42)3)64(59,60)61)50-54-43-24-46(63-6)44(25-45(43)62-5)55-56-47-31(4)19-34-23-37(13-15-39(34)48(47)58)57-26-32-9-7-8-10-33(32)27-57/h7-25H,26-27H2,1-6H3/p+2. The molecule has 0 unspecified atom stereocenters. The van der Waals surface area contributed by atoms with Crippen LogP contribution in [0.25, 0.3) is 20.7 Å². The second-order valence-corrected chi connectivity index (χ2v) is 16.7. The van der Waals surface area contributed by atoms with Gasteiger partial charge in [0.1, 0.15) is 11.4 Å². The van der Waals surface area contributed by atoms with Crippen LogP contribution in [0.4, 0.5) is 51.2 Å². The summed E-state index contributed by atoms with van der Waals surface area (Å²) in [5.41, 5.74) is 10.7. The number of rotatable bonds is 10. The van der Waals surface area contributed by atoms with Crippen LogP contribution in [0.15, 0.2) is 151 Å². The largest absolute Gasteiger partial charge is 0.505 e. The fourth-order valence-corrected chi connectivity index (χ4v) is 7.89. The molecule has 15 nitrogen and oxygen atoms in total. The molecule has 1 aliphatic rings. The number of fused-ring (bicyclic) bond motifs is 2. The lowest BCUT2D eigenvalue weighted by Gasteiger charge is -2.19. The lowest BCUT2D eigenvalue weighted by Crippen LogP contribution is -2.14. The number of phenols is 1. The molecule has 1 heterocycles. The van der Waals surface area contributed by atoms with Gasteiger partial charge in [-0.1, -0.05) is 24.3 Å². The number of aryl methyl sites for hydroxylation is 4. The molecule has 0 bridgehead atoms. The van der Waals surface area contributed by atoms with Crippen LogP contribution in [-0.2, 0) is 23.2 Å². The van der Waals surface area contributed by atoms with Crippen molar-refractivity contribution in [3.63, 3.8) is 0 Å². The third kappa shape index (κ3) is 9.16. The van der Waals surface area contributed by atoms with Gasteiger partial charge in [0.05, 0.1) is 47.9 Å². The smallest absolute Gasteiger partial charge is 0.473 e. The normalized spacial score (nSPS) is 12.6. The number of hydrogen-bond donors (Lipinski definition) is 2. The predicted molar refractivity (Wildman–Crippen MR) is 248 cm³/mol. The third-order valence-corrected chi connectivity index (χ3v) is 11.7. The van der Waals surface area contributed by atoms with Crippen LogP contribution in [0, 0.1) is 27.7 Å². The minimum absolute atomic E-state index is 0.0436. The fourth-order valence-electron chi connectivity index (χ4n) is 7.33. The summed E-state index contributed by atoms with van der Waals surface area (Å²) in [5, 5.41) is 39.4.